The lowest BCUT2D eigenvalue weighted by Gasteiger charge is -2.40. The molecule has 3 heteroatoms. The van der Waals surface area contributed by atoms with Crippen LogP contribution < -0.4 is 5.73 Å². The van der Waals surface area contributed by atoms with Crippen molar-refractivity contribution in [3.63, 3.8) is 0 Å². The van der Waals surface area contributed by atoms with Crippen LogP contribution in [0, 0.1) is 29.1 Å². The molecular formula is C15H20N2S. The highest BCUT2D eigenvalue weighted by Crippen LogP contribution is 2.72. The maximum Gasteiger partial charge on any atom is 0.104 e. The van der Waals surface area contributed by atoms with Gasteiger partial charge < -0.3 is 5.73 Å². The average molecular weight is 260 g/mol. The second-order valence-corrected chi connectivity index (χ2v) is 7.47. The molecule has 1 saturated carbocycles. The number of thiophene rings is 1. The predicted octanol–water partition coefficient (Wildman–Crippen LogP) is 3.87. The number of nitrogen functional groups attached to an aromatic ring is 1. The van der Waals surface area contributed by atoms with Gasteiger partial charge in [0.25, 0.3) is 0 Å². The quantitative estimate of drug-likeness (QED) is 0.877. The molecule has 1 fully saturated rings. The van der Waals surface area contributed by atoms with Gasteiger partial charge in [0.1, 0.15) is 11.1 Å². The van der Waals surface area contributed by atoms with Crippen molar-refractivity contribution in [2.45, 2.75) is 45.4 Å². The van der Waals surface area contributed by atoms with Crippen molar-refractivity contribution in [2.24, 2.45) is 17.8 Å². The summed E-state index contributed by atoms with van der Waals surface area (Å²) in [6.07, 6.45) is 1.30. The van der Waals surface area contributed by atoms with E-state index in [-0.39, 0.29) is 5.41 Å². The summed E-state index contributed by atoms with van der Waals surface area (Å²) in [5.74, 6) is 2.58. The first-order valence-electron chi connectivity index (χ1n) is 6.78. The van der Waals surface area contributed by atoms with Crippen LogP contribution in [0.2, 0.25) is 0 Å². The van der Waals surface area contributed by atoms with Gasteiger partial charge in [0.2, 0.25) is 0 Å². The topological polar surface area (TPSA) is 49.8 Å². The van der Waals surface area contributed by atoms with Crippen molar-refractivity contribution >= 4 is 16.3 Å². The monoisotopic (exact) mass is 260 g/mol. The minimum absolute atomic E-state index is 0.180. The molecule has 1 aromatic heterocycles. The van der Waals surface area contributed by atoms with Crippen LogP contribution in [0.1, 0.15) is 56.0 Å². The van der Waals surface area contributed by atoms with Gasteiger partial charge in [-0.3, -0.25) is 0 Å². The molecule has 1 heterocycles. The van der Waals surface area contributed by atoms with E-state index < -0.39 is 0 Å². The molecule has 0 bridgehead atoms. The number of nitriles is 1. The van der Waals surface area contributed by atoms with Crippen LogP contribution in [0.4, 0.5) is 5.00 Å². The minimum Gasteiger partial charge on any atom is -0.389 e. The maximum atomic E-state index is 9.45. The van der Waals surface area contributed by atoms with Gasteiger partial charge in [-0.1, -0.05) is 27.7 Å². The summed E-state index contributed by atoms with van der Waals surface area (Å²) in [6, 6.07) is 2.37. The fraction of sp³-hybridized carbons (Fsp3) is 0.667. The Morgan fingerprint density at radius 2 is 1.94 bits per heavy atom. The third-order valence-corrected chi connectivity index (χ3v) is 6.31. The zero-order valence-electron chi connectivity index (χ0n) is 11.4. The van der Waals surface area contributed by atoms with Crippen LogP contribution in [0.5, 0.6) is 0 Å². The van der Waals surface area contributed by atoms with Crippen molar-refractivity contribution in [1.29, 1.82) is 5.26 Å². The molecule has 0 amide bonds. The molecule has 2 aliphatic rings. The molecule has 2 nitrogen and oxygen atoms in total. The van der Waals surface area contributed by atoms with E-state index in [1.54, 1.807) is 11.3 Å². The highest BCUT2D eigenvalue weighted by molar-refractivity contribution is 7.16. The van der Waals surface area contributed by atoms with Crippen molar-refractivity contribution in [2.75, 3.05) is 5.73 Å². The Morgan fingerprint density at radius 3 is 2.44 bits per heavy atom. The molecule has 0 aromatic carbocycles. The highest BCUT2D eigenvalue weighted by atomic mass is 32.1. The van der Waals surface area contributed by atoms with Crippen LogP contribution in [0.15, 0.2) is 0 Å². The number of hydrogen-bond donors (Lipinski definition) is 1. The molecule has 96 valence electrons. The number of fused-ring (bicyclic) bond motifs is 3. The molecule has 2 atom stereocenters. The van der Waals surface area contributed by atoms with E-state index in [2.05, 4.69) is 33.8 Å². The molecule has 2 unspecified atom stereocenters. The van der Waals surface area contributed by atoms with Gasteiger partial charge in [0, 0.05) is 10.3 Å². The Labute approximate surface area is 113 Å². The largest absolute Gasteiger partial charge is 0.389 e. The van der Waals surface area contributed by atoms with E-state index in [0.29, 0.717) is 17.8 Å². The van der Waals surface area contributed by atoms with Gasteiger partial charge in [-0.25, -0.2) is 0 Å². The molecule has 3 rings (SSSR count). The molecule has 2 aliphatic carbocycles. The minimum atomic E-state index is 0.180. The SMILES string of the molecule is CC(C)C1(C(C)C)c2c(sc(N)c2C#N)C2CC21. The second kappa shape index (κ2) is 3.51. The van der Waals surface area contributed by atoms with Gasteiger partial charge in [-0.05, 0) is 35.7 Å². The molecule has 0 radical (unpaired) electrons. The lowest BCUT2D eigenvalue weighted by molar-refractivity contribution is 0.191. The van der Waals surface area contributed by atoms with E-state index in [1.807, 2.05) is 0 Å². The Bertz CT molecular complexity index is 540. The molecule has 2 N–H and O–H groups in total. The Kier molecular flexibility index (Phi) is 2.35. The third-order valence-electron chi connectivity index (χ3n) is 5.16. The molecule has 0 spiro atoms. The van der Waals surface area contributed by atoms with Crippen molar-refractivity contribution in [3.8, 4) is 6.07 Å². The molecule has 1 aromatic rings. The molecule has 18 heavy (non-hydrogen) atoms. The third kappa shape index (κ3) is 1.13. The zero-order chi connectivity index (χ0) is 13.2. The van der Waals surface area contributed by atoms with E-state index >= 15 is 0 Å². The first-order valence-corrected chi connectivity index (χ1v) is 7.60. The Hall–Kier alpha value is -1.01. The van der Waals surface area contributed by atoms with Crippen molar-refractivity contribution < 1.29 is 0 Å². The Morgan fingerprint density at radius 1 is 1.33 bits per heavy atom. The average Bonchev–Trinajstić information content (AvgIpc) is 2.91. The van der Waals surface area contributed by atoms with Gasteiger partial charge in [-0.15, -0.1) is 11.3 Å². The molecular weight excluding hydrogens is 240 g/mol. The first kappa shape index (κ1) is 12.0. The summed E-state index contributed by atoms with van der Waals surface area (Å²) in [5, 5.41) is 10.2. The number of rotatable bonds is 2. The summed E-state index contributed by atoms with van der Waals surface area (Å²) >= 11 is 1.67. The lowest BCUT2D eigenvalue weighted by Crippen LogP contribution is -2.39. The second-order valence-electron chi connectivity index (χ2n) is 6.38. The maximum absolute atomic E-state index is 9.45. The standard InChI is InChI=1S/C15H20N2S/c1-7(2)15(8(3)4)11-5-9(11)13-12(15)10(6-16)14(17)18-13/h7-9,11H,5,17H2,1-4H3. The number of anilines is 1. The van der Waals surface area contributed by atoms with Gasteiger partial charge in [0.05, 0.1) is 5.56 Å². The van der Waals surface area contributed by atoms with Gasteiger partial charge in [0.15, 0.2) is 0 Å². The molecule has 0 saturated heterocycles. The van der Waals surface area contributed by atoms with E-state index in [0.717, 1.165) is 16.5 Å². The van der Waals surface area contributed by atoms with Crippen LogP contribution in [-0.4, -0.2) is 0 Å². The van der Waals surface area contributed by atoms with Gasteiger partial charge in [-0.2, -0.15) is 5.26 Å². The highest BCUT2D eigenvalue weighted by Gasteiger charge is 2.65. The van der Waals surface area contributed by atoms with Crippen molar-refractivity contribution in [1.82, 2.24) is 0 Å². The smallest absolute Gasteiger partial charge is 0.104 e. The molecule has 0 aliphatic heterocycles. The summed E-state index contributed by atoms with van der Waals surface area (Å²) in [7, 11) is 0. The number of hydrogen-bond acceptors (Lipinski definition) is 3. The summed E-state index contributed by atoms with van der Waals surface area (Å²) in [4.78, 5) is 1.43. The van der Waals surface area contributed by atoms with Crippen LogP contribution in [0.25, 0.3) is 0 Å². The van der Waals surface area contributed by atoms with Crippen LogP contribution >= 0.6 is 11.3 Å². The van der Waals surface area contributed by atoms with Crippen LogP contribution in [0.3, 0.4) is 0 Å². The van der Waals surface area contributed by atoms with E-state index in [9.17, 15) is 5.26 Å². The number of nitrogens with zero attached hydrogens (tertiary/aromatic N) is 1. The zero-order valence-corrected chi connectivity index (χ0v) is 12.3. The fourth-order valence-electron chi connectivity index (χ4n) is 4.57. The fourth-order valence-corrected chi connectivity index (χ4v) is 5.85. The Balaban J connectivity index is 2.30. The number of nitrogens with two attached hydrogens (primary N) is 1. The normalized spacial score (nSPS) is 27.2. The summed E-state index contributed by atoms with van der Waals surface area (Å²) < 4.78 is 0. The first-order chi connectivity index (χ1) is 8.46. The van der Waals surface area contributed by atoms with E-state index in [4.69, 9.17) is 5.73 Å². The predicted molar refractivity (Wildman–Crippen MR) is 75.6 cm³/mol. The van der Waals surface area contributed by atoms with E-state index in [1.165, 1.54) is 16.9 Å². The van der Waals surface area contributed by atoms with Gasteiger partial charge >= 0.3 is 0 Å². The van der Waals surface area contributed by atoms with Crippen molar-refractivity contribution in [3.05, 3.63) is 16.0 Å². The summed E-state index contributed by atoms with van der Waals surface area (Å²) in [5.41, 5.74) is 8.34. The summed E-state index contributed by atoms with van der Waals surface area (Å²) in [6.45, 7) is 9.22. The lowest BCUT2D eigenvalue weighted by atomic mass is 9.62. The van der Waals surface area contributed by atoms with Crippen LogP contribution in [-0.2, 0) is 5.41 Å².